The summed E-state index contributed by atoms with van der Waals surface area (Å²) < 4.78 is 13.0. The lowest BCUT2D eigenvalue weighted by Gasteiger charge is -2.10. The summed E-state index contributed by atoms with van der Waals surface area (Å²) in [7, 11) is 0. The molecule has 0 heterocycles. The maximum atomic E-state index is 13.0. The second-order valence-corrected chi connectivity index (χ2v) is 4.54. The highest BCUT2D eigenvalue weighted by atomic mass is 35.5. The van der Waals surface area contributed by atoms with Gasteiger partial charge >= 0.3 is 12.0 Å². The second kappa shape index (κ2) is 7.65. The zero-order valence-corrected chi connectivity index (χ0v) is 11.9. The quantitative estimate of drug-likeness (QED) is 0.652. The fourth-order valence-electron chi connectivity index (χ4n) is 1.22. The number of nitrogens with one attached hydrogen (secondary N) is 3. The number of anilines is 1. The van der Waals surface area contributed by atoms with Gasteiger partial charge in [-0.1, -0.05) is 23.2 Å². The molecule has 0 aliphatic heterocycles. The molecule has 0 radical (unpaired) electrons. The summed E-state index contributed by atoms with van der Waals surface area (Å²) in [5.41, 5.74) is -0.0109. The Bertz CT molecular complexity index is 560. The van der Waals surface area contributed by atoms with Crippen molar-refractivity contribution in [3.63, 3.8) is 0 Å². The number of halogens is 3. The number of hydrogen-bond acceptors (Lipinski definition) is 3. The van der Waals surface area contributed by atoms with Crippen LogP contribution in [0.25, 0.3) is 0 Å². The highest BCUT2D eigenvalue weighted by Crippen LogP contribution is 2.31. The van der Waals surface area contributed by atoms with E-state index in [0.29, 0.717) is 0 Å². The molecule has 114 valence electrons. The molecule has 1 aromatic carbocycles. The molecular formula is C11H10Cl2FN3O4. The van der Waals surface area contributed by atoms with Crippen molar-refractivity contribution in [2.75, 3.05) is 18.4 Å². The standard InChI is InChI=1S/C11H10Cl2FN3O4/c12-6-1-5(14)2-7(13)10(6)17-11(21)16-3-8(18)15-4-9(19)20/h1-2H,3-4H2,(H,15,18)(H,19,20)(H2,16,17,21). The van der Waals surface area contributed by atoms with Crippen LogP contribution in [0.15, 0.2) is 12.1 Å². The molecule has 7 nitrogen and oxygen atoms in total. The van der Waals surface area contributed by atoms with Crippen molar-refractivity contribution in [3.8, 4) is 0 Å². The monoisotopic (exact) mass is 337 g/mol. The maximum Gasteiger partial charge on any atom is 0.322 e. The lowest BCUT2D eigenvalue weighted by Crippen LogP contribution is -2.40. The van der Waals surface area contributed by atoms with Crippen molar-refractivity contribution in [1.29, 1.82) is 0 Å². The molecule has 0 bridgehead atoms. The smallest absolute Gasteiger partial charge is 0.322 e. The second-order valence-electron chi connectivity index (χ2n) is 3.72. The van der Waals surface area contributed by atoms with Crippen molar-refractivity contribution in [2.45, 2.75) is 0 Å². The molecule has 0 spiro atoms. The number of benzene rings is 1. The lowest BCUT2D eigenvalue weighted by molar-refractivity contribution is -0.137. The Labute approximate surface area is 128 Å². The summed E-state index contributed by atoms with van der Waals surface area (Å²) in [6.45, 7) is -1.01. The average Bonchev–Trinajstić information content (AvgIpc) is 2.38. The van der Waals surface area contributed by atoms with E-state index < -0.39 is 36.8 Å². The van der Waals surface area contributed by atoms with Crippen LogP contribution in [0.3, 0.4) is 0 Å². The van der Waals surface area contributed by atoms with Crippen LogP contribution in [0, 0.1) is 5.82 Å². The minimum absolute atomic E-state index is 0.0109. The Kier molecular flexibility index (Phi) is 6.19. The van der Waals surface area contributed by atoms with Gasteiger partial charge in [0.05, 0.1) is 22.3 Å². The highest BCUT2D eigenvalue weighted by molar-refractivity contribution is 6.39. The van der Waals surface area contributed by atoms with Gasteiger partial charge in [-0.2, -0.15) is 0 Å². The summed E-state index contributed by atoms with van der Waals surface area (Å²) in [6.07, 6.45) is 0. The largest absolute Gasteiger partial charge is 0.480 e. The Morgan fingerprint density at radius 1 is 1.10 bits per heavy atom. The fraction of sp³-hybridized carbons (Fsp3) is 0.182. The summed E-state index contributed by atoms with van der Waals surface area (Å²) in [5.74, 6) is -2.56. The lowest BCUT2D eigenvalue weighted by atomic mass is 10.3. The van der Waals surface area contributed by atoms with E-state index in [1.165, 1.54) is 0 Å². The van der Waals surface area contributed by atoms with Crippen molar-refractivity contribution in [3.05, 3.63) is 28.0 Å². The maximum absolute atomic E-state index is 13.0. The first kappa shape index (κ1) is 17.0. The Morgan fingerprint density at radius 3 is 2.19 bits per heavy atom. The Morgan fingerprint density at radius 2 is 1.67 bits per heavy atom. The van der Waals surface area contributed by atoms with E-state index in [-0.39, 0.29) is 15.7 Å². The number of carbonyl (C=O) groups excluding carboxylic acids is 2. The molecule has 0 aliphatic rings. The molecule has 21 heavy (non-hydrogen) atoms. The fourth-order valence-corrected chi connectivity index (χ4v) is 1.77. The van der Waals surface area contributed by atoms with Crippen LogP contribution in [0.5, 0.6) is 0 Å². The Balaban J connectivity index is 2.51. The van der Waals surface area contributed by atoms with Crippen LogP contribution in [0.2, 0.25) is 10.0 Å². The molecule has 4 N–H and O–H groups in total. The van der Waals surface area contributed by atoms with Gasteiger partial charge in [-0.25, -0.2) is 9.18 Å². The third-order valence-corrected chi connectivity index (χ3v) is 2.69. The van der Waals surface area contributed by atoms with Gasteiger partial charge in [0.25, 0.3) is 0 Å². The van der Waals surface area contributed by atoms with Crippen molar-refractivity contribution in [1.82, 2.24) is 10.6 Å². The van der Waals surface area contributed by atoms with Crippen LogP contribution >= 0.6 is 23.2 Å². The first-order valence-electron chi connectivity index (χ1n) is 5.47. The number of urea groups is 1. The summed E-state index contributed by atoms with van der Waals surface area (Å²) >= 11 is 11.4. The van der Waals surface area contributed by atoms with Gasteiger partial charge in [0.2, 0.25) is 5.91 Å². The first-order valence-corrected chi connectivity index (χ1v) is 6.23. The number of carbonyl (C=O) groups is 3. The summed E-state index contributed by atoms with van der Waals surface area (Å²) in [6, 6.07) is 1.11. The van der Waals surface area contributed by atoms with E-state index >= 15 is 0 Å². The molecule has 0 aliphatic carbocycles. The number of amides is 3. The molecule has 1 aromatic rings. The van der Waals surface area contributed by atoms with E-state index in [1.54, 1.807) is 0 Å². The van der Waals surface area contributed by atoms with Gasteiger partial charge in [0, 0.05) is 0 Å². The molecule has 10 heteroatoms. The summed E-state index contributed by atoms with van der Waals surface area (Å²) in [4.78, 5) is 32.9. The van der Waals surface area contributed by atoms with Crippen LogP contribution in [0.4, 0.5) is 14.9 Å². The van der Waals surface area contributed by atoms with Crippen LogP contribution in [-0.2, 0) is 9.59 Å². The van der Waals surface area contributed by atoms with Crippen LogP contribution in [0.1, 0.15) is 0 Å². The van der Waals surface area contributed by atoms with Gasteiger partial charge in [0.15, 0.2) is 0 Å². The molecule has 0 unspecified atom stereocenters. The van der Waals surface area contributed by atoms with Gasteiger partial charge in [0.1, 0.15) is 12.4 Å². The van der Waals surface area contributed by atoms with E-state index in [1.807, 2.05) is 5.32 Å². The van der Waals surface area contributed by atoms with E-state index in [4.69, 9.17) is 28.3 Å². The Hall–Kier alpha value is -2.06. The van der Waals surface area contributed by atoms with Gasteiger partial charge in [-0.05, 0) is 12.1 Å². The number of aliphatic carboxylic acids is 1. The van der Waals surface area contributed by atoms with Gasteiger partial charge in [-0.3, -0.25) is 9.59 Å². The van der Waals surface area contributed by atoms with E-state index in [0.717, 1.165) is 12.1 Å². The normalized spacial score (nSPS) is 9.86. The van der Waals surface area contributed by atoms with Crippen molar-refractivity contribution in [2.24, 2.45) is 0 Å². The molecule has 0 saturated carbocycles. The van der Waals surface area contributed by atoms with Gasteiger partial charge < -0.3 is 21.1 Å². The molecule has 0 atom stereocenters. The molecule has 0 saturated heterocycles. The molecular weight excluding hydrogens is 328 g/mol. The predicted octanol–water partition coefficient (Wildman–Crippen LogP) is 1.45. The summed E-state index contributed by atoms with van der Waals surface area (Å²) in [5, 5.41) is 14.6. The number of carboxylic acids is 1. The third-order valence-electron chi connectivity index (χ3n) is 2.09. The zero-order valence-electron chi connectivity index (χ0n) is 10.4. The predicted molar refractivity (Wildman–Crippen MR) is 74.1 cm³/mol. The van der Waals surface area contributed by atoms with Crippen LogP contribution in [-0.4, -0.2) is 36.1 Å². The van der Waals surface area contributed by atoms with Crippen LogP contribution < -0.4 is 16.0 Å². The molecule has 0 aromatic heterocycles. The van der Waals surface area contributed by atoms with E-state index in [2.05, 4.69) is 10.6 Å². The average molecular weight is 338 g/mol. The molecule has 1 rings (SSSR count). The number of rotatable bonds is 5. The zero-order chi connectivity index (χ0) is 16.0. The topological polar surface area (TPSA) is 108 Å². The van der Waals surface area contributed by atoms with Crippen molar-refractivity contribution >= 4 is 46.8 Å². The number of hydrogen-bond donors (Lipinski definition) is 4. The molecule has 3 amide bonds. The number of carboxylic acid groups (broad SMARTS) is 1. The SMILES string of the molecule is O=C(O)CNC(=O)CNC(=O)Nc1c(Cl)cc(F)cc1Cl. The third kappa shape index (κ3) is 5.84. The minimum atomic E-state index is -1.21. The minimum Gasteiger partial charge on any atom is -0.480 e. The van der Waals surface area contributed by atoms with Gasteiger partial charge in [-0.15, -0.1) is 0 Å². The highest BCUT2D eigenvalue weighted by Gasteiger charge is 2.12. The van der Waals surface area contributed by atoms with Crippen molar-refractivity contribution < 1.29 is 23.9 Å². The van der Waals surface area contributed by atoms with E-state index in [9.17, 15) is 18.8 Å². The first-order chi connectivity index (χ1) is 9.79. The molecule has 0 fully saturated rings.